The first kappa shape index (κ1) is 15.4. The van der Waals surface area contributed by atoms with Crippen molar-refractivity contribution in [2.24, 2.45) is 0 Å². The molecule has 0 saturated carbocycles. The van der Waals surface area contributed by atoms with E-state index < -0.39 is 0 Å². The first-order chi connectivity index (χ1) is 6.41. The molecule has 82 valence electrons. The smallest absolute Gasteiger partial charge is 0.00489 e. The van der Waals surface area contributed by atoms with Crippen LogP contribution in [0.4, 0.5) is 0 Å². The van der Waals surface area contributed by atoms with Gasteiger partial charge in [-0.3, -0.25) is 0 Å². The van der Waals surface area contributed by atoms with Gasteiger partial charge in [-0.1, -0.05) is 53.4 Å². The van der Waals surface area contributed by atoms with Crippen LogP contribution in [0.3, 0.4) is 0 Å². The minimum Gasteiger partial charge on any atom is -0.317 e. The van der Waals surface area contributed by atoms with Crippen LogP contribution in [0.1, 0.15) is 66.2 Å². The second-order valence-electron chi connectivity index (χ2n) is 3.16. The SMILES string of the molecule is CC.CCCCCCNCCCC. The van der Waals surface area contributed by atoms with Crippen molar-refractivity contribution >= 4 is 0 Å². The molecule has 0 saturated heterocycles. The molecule has 1 N–H and O–H groups in total. The van der Waals surface area contributed by atoms with Crippen LogP contribution in [-0.2, 0) is 0 Å². The number of nitrogens with one attached hydrogen (secondary N) is 1. The predicted octanol–water partition coefficient (Wildman–Crippen LogP) is 3.98. The van der Waals surface area contributed by atoms with Gasteiger partial charge in [-0.2, -0.15) is 0 Å². The zero-order valence-electron chi connectivity index (χ0n) is 10.2. The van der Waals surface area contributed by atoms with Crippen LogP contribution in [-0.4, -0.2) is 13.1 Å². The van der Waals surface area contributed by atoms with Gasteiger partial charge in [-0.05, 0) is 25.9 Å². The van der Waals surface area contributed by atoms with Crippen molar-refractivity contribution in [3.8, 4) is 0 Å². The van der Waals surface area contributed by atoms with Gasteiger partial charge in [-0.25, -0.2) is 0 Å². The summed E-state index contributed by atoms with van der Waals surface area (Å²) in [5.74, 6) is 0. The molecule has 0 rings (SSSR count). The van der Waals surface area contributed by atoms with E-state index in [-0.39, 0.29) is 0 Å². The fraction of sp³-hybridized carbons (Fsp3) is 1.00. The summed E-state index contributed by atoms with van der Waals surface area (Å²) in [6.07, 6.45) is 8.13. The topological polar surface area (TPSA) is 12.0 Å². The minimum atomic E-state index is 1.21. The summed E-state index contributed by atoms with van der Waals surface area (Å²) in [5.41, 5.74) is 0. The van der Waals surface area contributed by atoms with E-state index in [1.807, 2.05) is 13.8 Å². The zero-order chi connectivity index (χ0) is 10.4. The highest BCUT2D eigenvalue weighted by atomic mass is 14.8. The Bertz CT molecular complexity index is 54.1. The highest BCUT2D eigenvalue weighted by molar-refractivity contribution is 4.47. The summed E-state index contributed by atoms with van der Waals surface area (Å²) in [7, 11) is 0. The van der Waals surface area contributed by atoms with Gasteiger partial charge in [0.1, 0.15) is 0 Å². The molecule has 0 radical (unpaired) electrons. The molecular weight excluding hydrogens is 158 g/mol. The highest BCUT2D eigenvalue weighted by Crippen LogP contribution is 1.96. The van der Waals surface area contributed by atoms with E-state index in [2.05, 4.69) is 19.2 Å². The standard InChI is InChI=1S/C10H23N.C2H6/c1-3-5-7-8-10-11-9-6-4-2;1-2/h11H,3-10H2,1-2H3;1-2H3. The number of unbranched alkanes of at least 4 members (excludes halogenated alkanes) is 4. The van der Waals surface area contributed by atoms with Crippen molar-refractivity contribution in [3.05, 3.63) is 0 Å². The van der Waals surface area contributed by atoms with E-state index in [1.54, 1.807) is 0 Å². The Hall–Kier alpha value is -0.0400. The molecule has 1 nitrogen and oxygen atoms in total. The molecule has 0 bridgehead atoms. The second-order valence-corrected chi connectivity index (χ2v) is 3.16. The number of hydrogen-bond donors (Lipinski definition) is 1. The van der Waals surface area contributed by atoms with Crippen LogP contribution in [0, 0.1) is 0 Å². The molecule has 0 unspecified atom stereocenters. The Morgan fingerprint density at radius 2 is 1.23 bits per heavy atom. The van der Waals surface area contributed by atoms with Crippen LogP contribution in [0.2, 0.25) is 0 Å². The molecule has 0 spiro atoms. The van der Waals surface area contributed by atoms with E-state index >= 15 is 0 Å². The van der Waals surface area contributed by atoms with Crippen molar-refractivity contribution in [1.29, 1.82) is 0 Å². The zero-order valence-corrected chi connectivity index (χ0v) is 10.2. The third-order valence-corrected chi connectivity index (χ3v) is 1.91. The summed E-state index contributed by atoms with van der Waals surface area (Å²) < 4.78 is 0. The molecule has 0 heterocycles. The van der Waals surface area contributed by atoms with Gasteiger partial charge < -0.3 is 5.32 Å². The fourth-order valence-electron chi connectivity index (χ4n) is 1.10. The molecule has 0 fully saturated rings. The molecule has 0 aromatic carbocycles. The lowest BCUT2D eigenvalue weighted by molar-refractivity contribution is 0.582. The maximum Gasteiger partial charge on any atom is -0.00489 e. The first-order valence-electron chi connectivity index (χ1n) is 6.12. The molecule has 13 heavy (non-hydrogen) atoms. The van der Waals surface area contributed by atoms with Gasteiger partial charge in [0.15, 0.2) is 0 Å². The van der Waals surface area contributed by atoms with Gasteiger partial charge in [0.05, 0.1) is 0 Å². The Labute approximate surface area is 85.3 Å². The molecule has 0 amide bonds. The highest BCUT2D eigenvalue weighted by Gasteiger charge is 1.87. The quantitative estimate of drug-likeness (QED) is 0.567. The van der Waals surface area contributed by atoms with Crippen LogP contribution >= 0.6 is 0 Å². The van der Waals surface area contributed by atoms with E-state index in [4.69, 9.17) is 0 Å². The van der Waals surface area contributed by atoms with Gasteiger partial charge in [0.2, 0.25) is 0 Å². The lowest BCUT2D eigenvalue weighted by atomic mass is 10.2. The molecular formula is C12H29N. The van der Waals surface area contributed by atoms with Crippen molar-refractivity contribution < 1.29 is 0 Å². The number of rotatable bonds is 8. The Balaban J connectivity index is 0. The Morgan fingerprint density at radius 3 is 1.77 bits per heavy atom. The molecule has 0 aliphatic carbocycles. The van der Waals surface area contributed by atoms with Crippen LogP contribution in [0.25, 0.3) is 0 Å². The molecule has 0 aliphatic rings. The third kappa shape index (κ3) is 18.7. The van der Waals surface area contributed by atoms with Gasteiger partial charge in [0, 0.05) is 0 Å². The van der Waals surface area contributed by atoms with E-state index in [9.17, 15) is 0 Å². The fourth-order valence-corrected chi connectivity index (χ4v) is 1.10. The van der Waals surface area contributed by atoms with Crippen molar-refractivity contribution in [1.82, 2.24) is 5.32 Å². The lowest BCUT2D eigenvalue weighted by Crippen LogP contribution is -2.16. The normalized spacial score (nSPS) is 9.23. The molecule has 0 atom stereocenters. The van der Waals surface area contributed by atoms with Gasteiger partial charge in [-0.15, -0.1) is 0 Å². The van der Waals surface area contributed by atoms with Crippen LogP contribution < -0.4 is 5.32 Å². The maximum atomic E-state index is 3.45. The molecule has 0 aliphatic heterocycles. The lowest BCUT2D eigenvalue weighted by Gasteiger charge is -2.02. The summed E-state index contributed by atoms with van der Waals surface area (Å²) in [5, 5.41) is 3.45. The van der Waals surface area contributed by atoms with Gasteiger partial charge >= 0.3 is 0 Å². The maximum absolute atomic E-state index is 3.45. The van der Waals surface area contributed by atoms with Crippen LogP contribution in [0.5, 0.6) is 0 Å². The molecule has 0 aromatic heterocycles. The average Bonchev–Trinajstić information content (AvgIpc) is 2.20. The third-order valence-electron chi connectivity index (χ3n) is 1.91. The Morgan fingerprint density at radius 1 is 0.692 bits per heavy atom. The molecule has 1 heteroatoms. The van der Waals surface area contributed by atoms with Crippen molar-refractivity contribution in [2.45, 2.75) is 66.2 Å². The van der Waals surface area contributed by atoms with E-state index in [1.165, 1.54) is 51.6 Å². The van der Waals surface area contributed by atoms with Crippen molar-refractivity contribution in [2.75, 3.05) is 13.1 Å². The summed E-state index contributed by atoms with van der Waals surface area (Å²) in [6.45, 7) is 10.9. The summed E-state index contributed by atoms with van der Waals surface area (Å²) in [4.78, 5) is 0. The van der Waals surface area contributed by atoms with Crippen LogP contribution in [0.15, 0.2) is 0 Å². The first-order valence-corrected chi connectivity index (χ1v) is 6.12. The minimum absolute atomic E-state index is 1.21. The monoisotopic (exact) mass is 187 g/mol. The Kier molecular flexibility index (Phi) is 21.2. The van der Waals surface area contributed by atoms with E-state index in [0.29, 0.717) is 0 Å². The summed E-state index contributed by atoms with van der Waals surface area (Å²) >= 11 is 0. The summed E-state index contributed by atoms with van der Waals surface area (Å²) in [6, 6.07) is 0. The van der Waals surface area contributed by atoms with E-state index in [0.717, 1.165) is 0 Å². The van der Waals surface area contributed by atoms with Crippen molar-refractivity contribution in [3.63, 3.8) is 0 Å². The average molecular weight is 187 g/mol. The largest absolute Gasteiger partial charge is 0.317 e. The second kappa shape index (κ2) is 17.9. The molecule has 0 aromatic rings. The van der Waals surface area contributed by atoms with Gasteiger partial charge in [0.25, 0.3) is 0 Å². The predicted molar refractivity (Wildman–Crippen MR) is 63.3 cm³/mol. The number of hydrogen-bond acceptors (Lipinski definition) is 1.